The number of hydrogen-bond acceptors (Lipinski definition) is 4. The SMILES string of the molecule is CN1CC(NCc2ccc3ccc(=O)[nH]c3n2)CCCC1=O. The summed E-state index contributed by atoms with van der Waals surface area (Å²) < 4.78 is 0. The van der Waals surface area contributed by atoms with E-state index in [2.05, 4.69) is 15.3 Å². The van der Waals surface area contributed by atoms with E-state index in [0.29, 0.717) is 18.6 Å². The van der Waals surface area contributed by atoms with Gasteiger partial charge in [-0.1, -0.05) is 0 Å². The molecule has 0 radical (unpaired) electrons. The fourth-order valence-electron chi connectivity index (χ4n) is 2.80. The smallest absolute Gasteiger partial charge is 0.249 e. The van der Waals surface area contributed by atoms with Gasteiger partial charge in [0.1, 0.15) is 5.65 Å². The summed E-state index contributed by atoms with van der Waals surface area (Å²) in [5, 5.41) is 4.38. The van der Waals surface area contributed by atoms with Crippen molar-refractivity contribution < 1.29 is 4.79 Å². The highest BCUT2D eigenvalue weighted by Gasteiger charge is 2.19. The van der Waals surface area contributed by atoms with Gasteiger partial charge in [0.25, 0.3) is 0 Å². The van der Waals surface area contributed by atoms with Gasteiger partial charge >= 0.3 is 0 Å². The average Bonchev–Trinajstić information content (AvgIpc) is 2.66. The van der Waals surface area contributed by atoms with Crippen molar-refractivity contribution in [3.05, 3.63) is 40.3 Å². The lowest BCUT2D eigenvalue weighted by molar-refractivity contribution is -0.129. The van der Waals surface area contributed by atoms with E-state index < -0.39 is 0 Å². The fraction of sp³-hybridized carbons (Fsp3) is 0.438. The maximum Gasteiger partial charge on any atom is 0.249 e. The van der Waals surface area contributed by atoms with Gasteiger partial charge in [-0.3, -0.25) is 9.59 Å². The van der Waals surface area contributed by atoms with Gasteiger partial charge in [0.15, 0.2) is 0 Å². The lowest BCUT2D eigenvalue weighted by atomic mass is 10.1. The Hall–Kier alpha value is -2.21. The Morgan fingerprint density at radius 3 is 3.00 bits per heavy atom. The Kier molecular flexibility index (Phi) is 4.20. The number of aromatic amines is 1. The number of rotatable bonds is 3. The molecule has 0 aliphatic carbocycles. The van der Waals surface area contributed by atoms with E-state index in [9.17, 15) is 9.59 Å². The summed E-state index contributed by atoms with van der Waals surface area (Å²) in [6.45, 7) is 1.35. The Morgan fingerprint density at radius 2 is 2.14 bits per heavy atom. The van der Waals surface area contributed by atoms with Crippen molar-refractivity contribution in [2.75, 3.05) is 13.6 Å². The van der Waals surface area contributed by atoms with Gasteiger partial charge in [0, 0.05) is 44.1 Å². The second kappa shape index (κ2) is 6.27. The van der Waals surface area contributed by atoms with Crippen LogP contribution in [0.4, 0.5) is 0 Å². The quantitative estimate of drug-likeness (QED) is 0.887. The van der Waals surface area contributed by atoms with Crippen LogP contribution in [0.25, 0.3) is 11.0 Å². The van der Waals surface area contributed by atoms with Crippen LogP contribution < -0.4 is 10.9 Å². The molecule has 3 rings (SSSR count). The zero-order valence-corrected chi connectivity index (χ0v) is 12.6. The minimum absolute atomic E-state index is 0.144. The summed E-state index contributed by atoms with van der Waals surface area (Å²) in [6.07, 6.45) is 2.53. The first kappa shape index (κ1) is 14.7. The Labute approximate surface area is 128 Å². The molecule has 1 unspecified atom stereocenters. The molecule has 1 amide bonds. The summed E-state index contributed by atoms with van der Waals surface area (Å²) in [4.78, 5) is 32.0. The van der Waals surface area contributed by atoms with Crippen molar-refractivity contribution in [1.29, 1.82) is 0 Å². The normalized spacial score (nSPS) is 19.4. The van der Waals surface area contributed by atoms with Crippen LogP contribution in [-0.4, -0.2) is 40.4 Å². The molecule has 1 fully saturated rings. The molecule has 3 heterocycles. The Morgan fingerprint density at radius 1 is 1.32 bits per heavy atom. The van der Waals surface area contributed by atoms with E-state index in [1.54, 1.807) is 11.0 Å². The molecule has 1 aliphatic heterocycles. The molecule has 116 valence electrons. The fourth-order valence-corrected chi connectivity index (χ4v) is 2.80. The van der Waals surface area contributed by atoms with Crippen LogP contribution in [0.5, 0.6) is 0 Å². The lowest BCUT2D eigenvalue weighted by Crippen LogP contribution is -2.39. The zero-order valence-electron chi connectivity index (χ0n) is 12.6. The number of amides is 1. The topological polar surface area (TPSA) is 78.1 Å². The van der Waals surface area contributed by atoms with Crippen molar-refractivity contribution in [2.24, 2.45) is 0 Å². The van der Waals surface area contributed by atoms with Crippen LogP contribution in [0.2, 0.25) is 0 Å². The van der Waals surface area contributed by atoms with E-state index in [4.69, 9.17) is 0 Å². The molecule has 0 saturated carbocycles. The lowest BCUT2D eigenvalue weighted by Gasteiger charge is -2.21. The van der Waals surface area contributed by atoms with Gasteiger partial charge in [-0.2, -0.15) is 0 Å². The number of fused-ring (bicyclic) bond motifs is 1. The number of nitrogens with one attached hydrogen (secondary N) is 2. The largest absolute Gasteiger partial charge is 0.344 e. The van der Waals surface area contributed by atoms with Gasteiger partial charge < -0.3 is 15.2 Å². The molecule has 6 nitrogen and oxygen atoms in total. The predicted octanol–water partition coefficient (Wildman–Crippen LogP) is 1.02. The van der Waals surface area contributed by atoms with Crippen molar-refractivity contribution in [1.82, 2.24) is 20.2 Å². The number of likely N-dealkylation sites (N-methyl/N-ethyl adjacent to an activating group) is 1. The number of likely N-dealkylation sites (tertiary alicyclic amines) is 1. The second-order valence-corrected chi connectivity index (χ2v) is 5.81. The molecule has 1 aliphatic rings. The number of H-pyrrole nitrogens is 1. The van der Waals surface area contributed by atoms with Gasteiger partial charge in [-0.15, -0.1) is 0 Å². The number of hydrogen-bond donors (Lipinski definition) is 2. The zero-order chi connectivity index (χ0) is 15.5. The van der Waals surface area contributed by atoms with Gasteiger partial charge in [-0.25, -0.2) is 4.98 Å². The molecule has 2 N–H and O–H groups in total. The minimum atomic E-state index is -0.144. The highest BCUT2D eigenvalue weighted by Crippen LogP contribution is 2.12. The van der Waals surface area contributed by atoms with Crippen molar-refractivity contribution in [3.63, 3.8) is 0 Å². The average molecular weight is 300 g/mol. The van der Waals surface area contributed by atoms with Gasteiger partial charge in [0.2, 0.25) is 11.5 Å². The van der Waals surface area contributed by atoms with Crippen molar-refractivity contribution in [3.8, 4) is 0 Å². The van der Waals surface area contributed by atoms with Crippen LogP contribution in [0.1, 0.15) is 25.0 Å². The molecule has 2 aromatic rings. The maximum atomic E-state index is 11.7. The highest BCUT2D eigenvalue weighted by molar-refractivity contribution is 5.76. The van der Waals surface area contributed by atoms with E-state index in [0.717, 1.165) is 30.5 Å². The third-order valence-electron chi connectivity index (χ3n) is 4.08. The monoisotopic (exact) mass is 300 g/mol. The first-order chi connectivity index (χ1) is 10.6. The summed E-state index contributed by atoms with van der Waals surface area (Å²) in [5.74, 6) is 0.214. The number of carbonyl (C=O) groups excluding carboxylic acids is 1. The first-order valence-corrected chi connectivity index (χ1v) is 7.58. The molecule has 0 aromatic carbocycles. The summed E-state index contributed by atoms with van der Waals surface area (Å²) in [5.41, 5.74) is 1.35. The van der Waals surface area contributed by atoms with E-state index in [-0.39, 0.29) is 17.5 Å². The molecule has 1 saturated heterocycles. The highest BCUT2D eigenvalue weighted by atomic mass is 16.2. The van der Waals surface area contributed by atoms with Crippen LogP contribution in [0.15, 0.2) is 29.1 Å². The summed E-state index contributed by atoms with van der Waals surface area (Å²) in [7, 11) is 1.85. The van der Waals surface area contributed by atoms with Crippen LogP contribution in [0.3, 0.4) is 0 Å². The van der Waals surface area contributed by atoms with Gasteiger partial charge in [0.05, 0.1) is 5.69 Å². The van der Waals surface area contributed by atoms with Crippen LogP contribution in [-0.2, 0) is 11.3 Å². The maximum absolute atomic E-state index is 11.7. The first-order valence-electron chi connectivity index (χ1n) is 7.58. The molecule has 0 spiro atoms. The van der Waals surface area contributed by atoms with Crippen LogP contribution >= 0.6 is 0 Å². The molecule has 6 heteroatoms. The molecule has 0 bridgehead atoms. The molecular formula is C16H20N4O2. The van der Waals surface area contributed by atoms with E-state index >= 15 is 0 Å². The minimum Gasteiger partial charge on any atom is -0.344 e. The van der Waals surface area contributed by atoms with E-state index in [1.165, 1.54) is 6.07 Å². The third kappa shape index (κ3) is 3.33. The number of carbonyl (C=O) groups is 1. The Bertz CT molecular complexity index is 740. The standard InChI is InChI=1S/C16H20N4O2/c1-20-10-13(3-2-4-15(20)22)17-9-12-7-5-11-6-8-14(21)19-16(11)18-12/h5-8,13,17H,2-4,9-10H2,1H3,(H,18,19,21). The second-order valence-electron chi connectivity index (χ2n) is 5.81. The van der Waals surface area contributed by atoms with Crippen molar-refractivity contribution >= 4 is 16.9 Å². The van der Waals surface area contributed by atoms with Crippen molar-refractivity contribution in [2.45, 2.75) is 31.8 Å². The number of aromatic nitrogens is 2. The van der Waals surface area contributed by atoms with Gasteiger partial charge in [-0.05, 0) is 31.0 Å². The van der Waals surface area contributed by atoms with E-state index in [1.807, 2.05) is 19.2 Å². The molecular weight excluding hydrogens is 280 g/mol. The molecule has 22 heavy (non-hydrogen) atoms. The number of pyridine rings is 2. The number of nitrogens with zero attached hydrogens (tertiary/aromatic N) is 2. The summed E-state index contributed by atoms with van der Waals surface area (Å²) in [6, 6.07) is 7.46. The molecule has 1 atom stereocenters. The Balaban J connectivity index is 1.68. The molecule has 2 aromatic heterocycles. The predicted molar refractivity (Wildman–Crippen MR) is 84.5 cm³/mol. The summed E-state index contributed by atoms with van der Waals surface area (Å²) >= 11 is 0. The van der Waals surface area contributed by atoms with Crippen LogP contribution in [0, 0.1) is 0 Å². The third-order valence-corrected chi connectivity index (χ3v) is 4.08.